The summed E-state index contributed by atoms with van der Waals surface area (Å²) in [4.78, 5) is 40.5. The standard InChI is InChI=1S/C20H26N2O5S/c1-5-9-21(10-6-2)18(23)13-22-19(24)17(28-20(22)25)11-14-7-8-15(26-3)12-16(14)27-4/h7-8,11-12H,5-6,9-10,13H2,1-4H3/b17-11-. The number of hydrogen-bond acceptors (Lipinski definition) is 6. The van der Waals surface area contributed by atoms with Crippen molar-refractivity contribution in [3.8, 4) is 11.5 Å². The van der Waals surface area contributed by atoms with Crippen molar-refractivity contribution in [3.63, 3.8) is 0 Å². The first-order chi connectivity index (χ1) is 13.4. The highest BCUT2D eigenvalue weighted by atomic mass is 32.2. The molecule has 1 aromatic rings. The number of thioether (sulfide) groups is 1. The number of carbonyl (C=O) groups is 3. The summed E-state index contributed by atoms with van der Waals surface area (Å²) in [5.74, 6) is 0.474. The fourth-order valence-corrected chi connectivity index (χ4v) is 3.68. The predicted molar refractivity (Wildman–Crippen MR) is 109 cm³/mol. The van der Waals surface area contributed by atoms with Crippen molar-refractivity contribution >= 4 is 34.9 Å². The summed E-state index contributed by atoms with van der Waals surface area (Å²) in [5, 5.41) is -0.440. The lowest BCUT2D eigenvalue weighted by atomic mass is 10.1. The number of amides is 3. The second-order valence-electron chi connectivity index (χ2n) is 6.26. The van der Waals surface area contributed by atoms with Gasteiger partial charge in [-0.05, 0) is 42.8 Å². The minimum absolute atomic E-state index is 0.214. The smallest absolute Gasteiger partial charge is 0.294 e. The van der Waals surface area contributed by atoms with Gasteiger partial charge in [0.05, 0.1) is 19.1 Å². The van der Waals surface area contributed by atoms with E-state index in [0.29, 0.717) is 30.2 Å². The van der Waals surface area contributed by atoms with Crippen LogP contribution in [-0.2, 0) is 9.59 Å². The topological polar surface area (TPSA) is 76.2 Å². The monoisotopic (exact) mass is 406 g/mol. The fourth-order valence-electron chi connectivity index (χ4n) is 2.85. The minimum atomic E-state index is -0.464. The molecule has 1 fully saturated rings. The molecule has 0 spiro atoms. The van der Waals surface area contributed by atoms with E-state index in [9.17, 15) is 14.4 Å². The van der Waals surface area contributed by atoms with Crippen LogP contribution in [0, 0.1) is 0 Å². The van der Waals surface area contributed by atoms with Crippen molar-refractivity contribution in [2.24, 2.45) is 0 Å². The maximum absolute atomic E-state index is 12.7. The molecule has 0 unspecified atom stereocenters. The van der Waals surface area contributed by atoms with Crippen molar-refractivity contribution < 1.29 is 23.9 Å². The number of ether oxygens (including phenoxy) is 2. The van der Waals surface area contributed by atoms with Gasteiger partial charge >= 0.3 is 0 Å². The maximum atomic E-state index is 12.7. The number of benzene rings is 1. The van der Waals surface area contributed by atoms with Crippen LogP contribution in [0.3, 0.4) is 0 Å². The summed E-state index contributed by atoms with van der Waals surface area (Å²) >= 11 is 0.827. The Hall–Kier alpha value is -2.48. The van der Waals surface area contributed by atoms with E-state index < -0.39 is 11.1 Å². The van der Waals surface area contributed by atoms with E-state index in [-0.39, 0.29) is 17.4 Å². The van der Waals surface area contributed by atoms with Crippen LogP contribution < -0.4 is 9.47 Å². The third kappa shape index (κ3) is 5.07. The van der Waals surface area contributed by atoms with Gasteiger partial charge in [-0.3, -0.25) is 19.3 Å². The molecule has 1 saturated heterocycles. The molecule has 7 nitrogen and oxygen atoms in total. The molecule has 1 heterocycles. The van der Waals surface area contributed by atoms with Crippen molar-refractivity contribution in [1.29, 1.82) is 0 Å². The molecule has 2 rings (SSSR count). The number of nitrogens with zero attached hydrogens (tertiary/aromatic N) is 2. The summed E-state index contributed by atoms with van der Waals surface area (Å²) in [5.41, 5.74) is 0.652. The highest BCUT2D eigenvalue weighted by molar-refractivity contribution is 8.18. The zero-order chi connectivity index (χ0) is 20.7. The molecule has 0 aromatic heterocycles. The Labute approximate surface area is 169 Å². The molecular formula is C20H26N2O5S. The molecule has 0 N–H and O–H groups in total. The van der Waals surface area contributed by atoms with E-state index in [4.69, 9.17) is 9.47 Å². The maximum Gasteiger partial charge on any atom is 0.294 e. The van der Waals surface area contributed by atoms with Gasteiger partial charge in [-0.2, -0.15) is 0 Å². The summed E-state index contributed by atoms with van der Waals surface area (Å²) in [7, 11) is 3.07. The SMILES string of the molecule is CCCN(CCC)C(=O)CN1C(=O)S/C(=C\c2ccc(OC)cc2OC)C1=O. The van der Waals surface area contributed by atoms with Gasteiger partial charge in [0.25, 0.3) is 11.1 Å². The summed E-state index contributed by atoms with van der Waals surface area (Å²) in [6.45, 7) is 4.97. The van der Waals surface area contributed by atoms with Crippen molar-refractivity contribution in [1.82, 2.24) is 9.80 Å². The highest BCUT2D eigenvalue weighted by Crippen LogP contribution is 2.35. The van der Waals surface area contributed by atoms with Crippen LogP contribution in [0.1, 0.15) is 32.3 Å². The number of carbonyl (C=O) groups excluding carboxylic acids is 3. The van der Waals surface area contributed by atoms with Crippen LogP contribution in [0.2, 0.25) is 0 Å². The third-order valence-electron chi connectivity index (χ3n) is 4.23. The molecule has 3 amide bonds. The zero-order valence-corrected chi connectivity index (χ0v) is 17.5. The first kappa shape index (κ1) is 21.8. The molecule has 0 bridgehead atoms. The lowest BCUT2D eigenvalue weighted by molar-refractivity contribution is -0.135. The molecule has 1 aromatic carbocycles. The lowest BCUT2D eigenvalue weighted by Crippen LogP contribution is -2.42. The summed E-state index contributed by atoms with van der Waals surface area (Å²) in [6, 6.07) is 5.20. The molecule has 0 radical (unpaired) electrons. The molecule has 0 atom stereocenters. The average Bonchev–Trinajstić information content (AvgIpc) is 2.95. The predicted octanol–water partition coefficient (Wildman–Crippen LogP) is 3.39. The summed E-state index contributed by atoms with van der Waals surface area (Å²) < 4.78 is 10.5. The van der Waals surface area contributed by atoms with Crippen LogP contribution in [0.4, 0.5) is 4.79 Å². The summed E-state index contributed by atoms with van der Waals surface area (Å²) in [6.07, 6.45) is 3.25. The average molecular weight is 407 g/mol. The molecule has 0 saturated carbocycles. The molecule has 8 heteroatoms. The normalized spacial score (nSPS) is 15.3. The third-order valence-corrected chi connectivity index (χ3v) is 5.14. The quantitative estimate of drug-likeness (QED) is 0.585. The van der Waals surface area contributed by atoms with Crippen molar-refractivity contribution in [3.05, 3.63) is 28.7 Å². The Balaban J connectivity index is 2.19. The van der Waals surface area contributed by atoms with Gasteiger partial charge in [0.2, 0.25) is 5.91 Å². The lowest BCUT2D eigenvalue weighted by Gasteiger charge is -2.23. The molecule has 0 aliphatic carbocycles. The highest BCUT2D eigenvalue weighted by Gasteiger charge is 2.37. The number of imide groups is 1. The Morgan fingerprint density at radius 2 is 1.82 bits per heavy atom. The van der Waals surface area contributed by atoms with E-state index in [1.807, 2.05) is 13.8 Å². The van der Waals surface area contributed by atoms with Crippen LogP contribution in [0.5, 0.6) is 11.5 Å². The second kappa shape index (κ2) is 10.2. The van der Waals surface area contributed by atoms with Gasteiger partial charge in [-0.25, -0.2) is 0 Å². The van der Waals surface area contributed by atoms with E-state index in [0.717, 1.165) is 29.5 Å². The Morgan fingerprint density at radius 1 is 1.14 bits per heavy atom. The van der Waals surface area contributed by atoms with Crippen LogP contribution in [0.25, 0.3) is 6.08 Å². The Bertz CT molecular complexity index is 772. The van der Waals surface area contributed by atoms with Crippen LogP contribution in [-0.4, -0.2) is 60.7 Å². The Kier molecular flexibility index (Phi) is 7.92. The minimum Gasteiger partial charge on any atom is -0.497 e. The van der Waals surface area contributed by atoms with E-state index in [1.165, 1.54) is 7.11 Å². The van der Waals surface area contributed by atoms with Gasteiger partial charge in [-0.15, -0.1) is 0 Å². The van der Waals surface area contributed by atoms with Crippen molar-refractivity contribution in [2.75, 3.05) is 33.9 Å². The molecule has 1 aliphatic heterocycles. The fraction of sp³-hybridized carbons (Fsp3) is 0.450. The van der Waals surface area contributed by atoms with E-state index in [2.05, 4.69) is 0 Å². The van der Waals surface area contributed by atoms with Crippen molar-refractivity contribution in [2.45, 2.75) is 26.7 Å². The van der Waals surface area contributed by atoms with Gasteiger partial charge in [0, 0.05) is 24.7 Å². The molecular weight excluding hydrogens is 380 g/mol. The first-order valence-electron chi connectivity index (χ1n) is 9.20. The molecule has 1 aliphatic rings. The van der Waals surface area contributed by atoms with Gasteiger partial charge in [0.1, 0.15) is 18.0 Å². The second-order valence-corrected chi connectivity index (χ2v) is 7.25. The Morgan fingerprint density at radius 3 is 2.39 bits per heavy atom. The van der Waals surface area contributed by atoms with Crippen LogP contribution in [0.15, 0.2) is 23.1 Å². The largest absolute Gasteiger partial charge is 0.497 e. The zero-order valence-electron chi connectivity index (χ0n) is 16.7. The molecule has 152 valence electrons. The van der Waals surface area contributed by atoms with Crippen LogP contribution >= 0.6 is 11.8 Å². The van der Waals surface area contributed by atoms with Gasteiger partial charge in [0.15, 0.2) is 0 Å². The number of rotatable bonds is 9. The number of methoxy groups -OCH3 is 2. The van der Waals surface area contributed by atoms with Gasteiger partial charge in [-0.1, -0.05) is 13.8 Å². The van der Waals surface area contributed by atoms with E-state index >= 15 is 0 Å². The molecule has 28 heavy (non-hydrogen) atoms. The van der Waals surface area contributed by atoms with Gasteiger partial charge < -0.3 is 14.4 Å². The van der Waals surface area contributed by atoms with E-state index in [1.54, 1.807) is 36.3 Å². The first-order valence-corrected chi connectivity index (χ1v) is 10.0. The number of hydrogen-bond donors (Lipinski definition) is 0.